The average molecular weight is 302 g/mol. The average Bonchev–Trinajstić information content (AvgIpc) is 2.57. The molecule has 2 rings (SSSR count). The van der Waals surface area contributed by atoms with Crippen LogP contribution in [0.3, 0.4) is 0 Å². The zero-order chi connectivity index (χ0) is 12.6. The number of alkyl halides is 1. The van der Waals surface area contributed by atoms with Crippen LogP contribution in [0.1, 0.15) is 16.8 Å². The summed E-state index contributed by atoms with van der Waals surface area (Å²) in [5, 5.41) is 8.99. The van der Waals surface area contributed by atoms with E-state index in [2.05, 4.69) is 15.9 Å². The van der Waals surface area contributed by atoms with E-state index >= 15 is 0 Å². The molecule has 6 heteroatoms. The van der Waals surface area contributed by atoms with Crippen LogP contribution >= 0.6 is 15.9 Å². The number of rotatable bonds is 2. The first-order chi connectivity index (χ1) is 8.00. The van der Waals surface area contributed by atoms with Crippen molar-refractivity contribution in [3.8, 4) is 0 Å². The van der Waals surface area contributed by atoms with Gasteiger partial charge in [-0.15, -0.1) is 0 Å². The fraction of sp³-hybridized carbons (Fsp3) is 0.273. The van der Waals surface area contributed by atoms with Gasteiger partial charge in [0, 0.05) is 17.8 Å². The third-order valence-electron chi connectivity index (χ3n) is 2.56. The molecule has 4 nitrogen and oxygen atoms in total. The van der Waals surface area contributed by atoms with Crippen LogP contribution in [-0.4, -0.2) is 28.4 Å². The first-order valence-corrected chi connectivity index (χ1v) is 5.88. The monoisotopic (exact) mass is 301 g/mol. The molecule has 1 atom stereocenters. The SMILES string of the molecule is O=C(O)c1cccc(F)c1N1CC(Br)CC1=O. The van der Waals surface area contributed by atoms with Gasteiger partial charge >= 0.3 is 5.97 Å². The molecule has 1 unspecified atom stereocenters. The fourth-order valence-corrected chi connectivity index (χ4v) is 2.41. The zero-order valence-corrected chi connectivity index (χ0v) is 10.3. The third kappa shape index (κ3) is 2.17. The van der Waals surface area contributed by atoms with Gasteiger partial charge in [0.15, 0.2) is 0 Å². The summed E-state index contributed by atoms with van der Waals surface area (Å²) in [7, 11) is 0. The number of nitrogens with zero attached hydrogens (tertiary/aromatic N) is 1. The summed E-state index contributed by atoms with van der Waals surface area (Å²) in [4.78, 5) is 23.8. The summed E-state index contributed by atoms with van der Waals surface area (Å²) >= 11 is 3.27. The number of para-hydroxylation sites is 1. The molecule has 0 spiro atoms. The van der Waals surface area contributed by atoms with Gasteiger partial charge in [0.2, 0.25) is 5.91 Å². The Morgan fingerprint density at radius 3 is 2.76 bits per heavy atom. The smallest absolute Gasteiger partial charge is 0.337 e. The van der Waals surface area contributed by atoms with Gasteiger partial charge in [-0.25, -0.2) is 9.18 Å². The molecule has 1 aliphatic heterocycles. The second-order valence-corrected chi connectivity index (χ2v) is 5.04. The van der Waals surface area contributed by atoms with Gasteiger partial charge in [-0.05, 0) is 12.1 Å². The van der Waals surface area contributed by atoms with E-state index in [4.69, 9.17) is 5.11 Å². The summed E-state index contributed by atoms with van der Waals surface area (Å²) in [5.41, 5.74) is -0.341. The third-order valence-corrected chi connectivity index (χ3v) is 3.18. The largest absolute Gasteiger partial charge is 0.478 e. The van der Waals surface area contributed by atoms with Crippen molar-refractivity contribution < 1.29 is 19.1 Å². The van der Waals surface area contributed by atoms with Gasteiger partial charge in [-0.2, -0.15) is 0 Å². The molecule has 1 saturated heterocycles. The summed E-state index contributed by atoms with van der Waals surface area (Å²) in [6.07, 6.45) is 0.243. The topological polar surface area (TPSA) is 57.6 Å². The van der Waals surface area contributed by atoms with Crippen molar-refractivity contribution in [1.82, 2.24) is 0 Å². The van der Waals surface area contributed by atoms with Gasteiger partial charge < -0.3 is 10.0 Å². The maximum atomic E-state index is 13.7. The molecule has 1 aromatic rings. The Balaban J connectivity index is 2.51. The molecule has 0 aromatic heterocycles. The fourth-order valence-electron chi connectivity index (χ4n) is 1.84. The zero-order valence-electron chi connectivity index (χ0n) is 8.69. The lowest BCUT2D eigenvalue weighted by Crippen LogP contribution is -2.27. The van der Waals surface area contributed by atoms with Crippen LogP contribution in [0.2, 0.25) is 0 Å². The van der Waals surface area contributed by atoms with Crippen molar-refractivity contribution in [2.24, 2.45) is 0 Å². The van der Waals surface area contributed by atoms with E-state index in [1.165, 1.54) is 17.0 Å². The lowest BCUT2D eigenvalue weighted by atomic mass is 10.1. The van der Waals surface area contributed by atoms with Gasteiger partial charge in [-0.3, -0.25) is 4.79 Å². The van der Waals surface area contributed by atoms with Crippen molar-refractivity contribution in [2.45, 2.75) is 11.2 Å². The molecule has 1 heterocycles. The van der Waals surface area contributed by atoms with Crippen molar-refractivity contribution in [1.29, 1.82) is 0 Å². The number of hydrogen-bond donors (Lipinski definition) is 1. The minimum atomic E-state index is -1.25. The summed E-state index contributed by atoms with van der Waals surface area (Å²) in [5.74, 6) is -2.22. The molecule has 1 aromatic carbocycles. The first kappa shape index (κ1) is 12.0. The number of benzene rings is 1. The maximum absolute atomic E-state index is 13.7. The number of carbonyl (C=O) groups excluding carboxylic acids is 1. The number of carbonyl (C=O) groups is 2. The Morgan fingerprint density at radius 1 is 1.53 bits per heavy atom. The highest BCUT2D eigenvalue weighted by atomic mass is 79.9. The van der Waals surface area contributed by atoms with Gasteiger partial charge in [0.1, 0.15) is 5.82 Å². The standard InChI is InChI=1S/C11H9BrFNO3/c12-6-4-9(15)14(5-6)10-7(11(16)17)2-1-3-8(10)13/h1-3,6H,4-5H2,(H,16,17). The highest BCUT2D eigenvalue weighted by Gasteiger charge is 2.33. The highest BCUT2D eigenvalue weighted by Crippen LogP contribution is 2.30. The van der Waals surface area contributed by atoms with Crippen LogP contribution in [0.25, 0.3) is 0 Å². The van der Waals surface area contributed by atoms with E-state index in [0.29, 0.717) is 0 Å². The van der Waals surface area contributed by atoms with Crippen molar-refractivity contribution in [3.05, 3.63) is 29.6 Å². The lowest BCUT2D eigenvalue weighted by molar-refractivity contribution is -0.117. The van der Waals surface area contributed by atoms with E-state index in [1.54, 1.807) is 0 Å². The minimum Gasteiger partial charge on any atom is -0.478 e. The number of anilines is 1. The Labute approximate surface area is 105 Å². The molecule has 90 valence electrons. The van der Waals surface area contributed by atoms with E-state index in [-0.39, 0.29) is 35.0 Å². The molecule has 17 heavy (non-hydrogen) atoms. The van der Waals surface area contributed by atoms with Crippen molar-refractivity contribution in [3.63, 3.8) is 0 Å². The maximum Gasteiger partial charge on any atom is 0.337 e. The number of hydrogen-bond acceptors (Lipinski definition) is 2. The van der Waals surface area contributed by atoms with Gasteiger partial charge in [0.05, 0.1) is 11.3 Å². The number of aromatic carboxylic acids is 1. The van der Waals surface area contributed by atoms with Crippen molar-refractivity contribution >= 4 is 33.5 Å². The quantitative estimate of drug-likeness (QED) is 0.850. The van der Waals surface area contributed by atoms with E-state index in [9.17, 15) is 14.0 Å². The van der Waals surface area contributed by atoms with Crippen LogP contribution < -0.4 is 4.90 Å². The Kier molecular flexibility index (Phi) is 3.15. The van der Waals surface area contributed by atoms with Crippen LogP contribution in [0, 0.1) is 5.82 Å². The molecular weight excluding hydrogens is 293 g/mol. The predicted molar refractivity (Wildman–Crippen MR) is 63.0 cm³/mol. The number of carboxylic acids is 1. The van der Waals surface area contributed by atoms with Crippen LogP contribution in [-0.2, 0) is 4.79 Å². The van der Waals surface area contributed by atoms with E-state index in [1.807, 2.05) is 0 Å². The Hall–Kier alpha value is -1.43. The lowest BCUT2D eigenvalue weighted by Gasteiger charge is -2.18. The number of amides is 1. The van der Waals surface area contributed by atoms with Crippen LogP contribution in [0.15, 0.2) is 18.2 Å². The number of carboxylic acid groups (broad SMARTS) is 1. The normalized spacial score (nSPS) is 19.8. The summed E-state index contributed by atoms with van der Waals surface area (Å²) in [6, 6.07) is 3.75. The summed E-state index contributed by atoms with van der Waals surface area (Å²) < 4.78 is 13.7. The van der Waals surface area contributed by atoms with Gasteiger partial charge in [0.25, 0.3) is 0 Å². The molecule has 1 fully saturated rings. The first-order valence-electron chi connectivity index (χ1n) is 4.97. The molecular formula is C11H9BrFNO3. The second kappa shape index (κ2) is 4.44. The number of halogens is 2. The molecule has 0 bridgehead atoms. The Morgan fingerprint density at radius 2 is 2.24 bits per heavy atom. The highest BCUT2D eigenvalue weighted by molar-refractivity contribution is 9.09. The van der Waals surface area contributed by atoms with E-state index in [0.717, 1.165) is 6.07 Å². The second-order valence-electron chi connectivity index (χ2n) is 3.75. The molecule has 0 aliphatic carbocycles. The molecule has 0 saturated carbocycles. The molecule has 0 radical (unpaired) electrons. The van der Waals surface area contributed by atoms with Crippen LogP contribution in [0.4, 0.5) is 10.1 Å². The van der Waals surface area contributed by atoms with E-state index < -0.39 is 11.8 Å². The van der Waals surface area contributed by atoms with Crippen molar-refractivity contribution in [2.75, 3.05) is 11.4 Å². The molecule has 1 aliphatic rings. The predicted octanol–water partition coefficient (Wildman–Crippen LogP) is 2.02. The Bertz CT molecular complexity index is 492. The van der Waals surface area contributed by atoms with Gasteiger partial charge in [-0.1, -0.05) is 22.0 Å². The molecule has 1 N–H and O–H groups in total. The molecule has 1 amide bonds. The van der Waals surface area contributed by atoms with Crippen LogP contribution in [0.5, 0.6) is 0 Å². The minimum absolute atomic E-state index is 0.0729. The summed E-state index contributed by atoms with van der Waals surface area (Å²) in [6.45, 7) is 0.278.